The molecule has 0 aromatic heterocycles. The van der Waals surface area contributed by atoms with Gasteiger partial charge in [-0.05, 0) is 19.3 Å². The van der Waals surface area contributed by atoms with Crippen molar-refractivity contribution >= 4 is 5.78 Å². The minimum absolute atomic E-state index is 0.241. The minimum Gasteiger partial charge on any atom is -0.350 e. The van der Waals surface area contributed by atoms with Gasteiger partial charge >= 0.3 is 0 Å². The monoisotopic (exact) mass is 196 g/mol. The summed E-state index contributed by atoms with van der Waals surface area (Å²) >= 11 is 0. The van der Waals surface area contributed by atoms with Gasteiger partial charge in [0.1, 0.15) is 5.78 Å². The van der Waals surface area contributed by atoms with E-state index in [2.05, 4.69) is 6.08 Å². The number of carbonyl (C=O) groups excluding carboxylic acids is 1. The van der Waals surface area contributed by atoms with Crippen LogP contribution in [0.5, 0.6) is 0 Å². The van der Waals surface area contributed by atoms with Gasteiger partial charge in [-0.3, -0.25) is 4.79 Å². The maximum Gasteiger partial charge on any atom is 0.164 e. The first-order valence-electron chi connectivity index (χ1n) is 5.27. The molecule has 14 heavy (non-hydrogen) atoms. The molecule has 78 valence electrons. The second kappa shape index (κ2) is 4.71. The SMILES string of the molecule is O=C(CC1=CCCC1)CC1OCCO1. The molecule has 1 aliphatic heterocycles. The van der Waals surface area contributed by atoms with Crippen LogP contribution < -0.4 is 0 Å². The zero-order valence-electron chi connectivity index (χ0n) is 8.33. The molecular weight excluding hydrogens is 180 g/mol. The largest absolute Gasteiger partial charge is 0.350 e. The third kappa shape index (κ3) is 2.66. The van der Waals surface area contributed by atoms with Crippen molar-refractivity contribution < 1.29 is 14.3 Å². The Bertz CT molecular complexity index is 239. The lowest BCUT2D eigenvalue weighted by molar-refractivity contribution is -0.126. The average molecular weight is 196 g/mol. The maximum atomic E-state index is 11.6. The molecule has 2 rings (SSSR count). The first-order chi connectivity index (χ1) is 6.84. The lowest BCUT2D eigenvalue weighted by atomic mass is 10.1. The van der Waals surface area contributed by atoms with Gasteiger partial charge < -0.3 is 9.47 Å². The standard InChI is InChI=1S/C11H16O3/c12-10(7-9-3-1-2-4-9)8-11-13-5-6-14-11/h3,11H,1-2,4-8H2. The number of allylic oxidation sites excluding steroid dienone is 2. The first-order valence-corrected chi connectivity index (χ1v) is 5.27. The number of carbonyl (C=O) groups is 1. The summed E-state index contributed by atoms with van der Waals surface area (Å²) in [5.74, 6) is 0.241. The van der Waals surface area contributed by atoms with E-state index in [4.69, 9.17) is 9.47 Å². The van der Waals surface area contributed by atoms with E-state index in [9.17, 15) is 4.79 Å². The highest BCUT2D eigenvalue weighted by molar-refractivity contribution is 5.81. The van der Waals surface area contributed by atoms with E-state index < -0.39 is 0 Å². The number of rotatable bonds is 4. The van der Waals surface area contributed by atoms with E-state index in [-0.39, 0.29) is 12.1 Å². The molecule has 0 radical (unpaired) electrons. The van der Waals surface area contributed by atoms with Crippen molar-refractivity contribution in [2.45, 2.75) is 38.4 Å². The van der Waals surface area contributed by atoms with Crippen LogP contribution in [0.1, 0.15) is 32.1 Å². The smallest absolute Gasteiger partial charge is 0.164 e. The summed E-state index contributed by atoms with van der Waals surface area (Å²) in [5.41, 5.74) is 1.30. The fourth-order valence-electron chi connectivity index (χ4n) is 1.93. The summed E-state index contributed by atoms with van der Waals surface area (Å²) in [7, 11) is 0. The second-order valence-corrected chi connectivity index (χ2v) is 3.85. The van der Waals surface area contributed by atoms with Gasteiger partial charge in [-0.25, -0.2) is 0 Å². The van der Waals surface area contributed by atoms with Crippen molar-refractivity contribution in [1.82, 2.24) is 0 Å². The van der Waals surface area contributed by atoms with Gasteiger partial charge in [0.15, 0.2) is 6.29 Å². The third-order valence-electron chi connectivity index (χ3n) is 2.64. The van der Waals surface area contributed by atoms with Crippen LogP contribution in [0.4, 0.5) is 0 Å². The molecule has 0 saturated carbocycles. The van der Waals surface area contributed by atoms with Crippen molar-refractivity contribution in [3.05, 3.63) is 11.6 Å². The Morgan fingerprint density at radius 2 is 2.21 bits per heavy atom. The molecule has 1 aliphatic carbocycles. The Morgan fingerprint density at radius 3 is 2.86 bits per heavy atom. The predicted molar refractivity (Wildman–Crippen MR) is 51.9 cm³/mol. The van der Waals surface area contributed by atoms with Gasteiger partial charge in [0.25, 0.3) is 0 Å². The summed E-state index contributed by atoms with van der Waals surface area (Å²) in [6.07, 6.45) is 6.37. The lowest BCUT2D eigenvalue weighted by Crippen LogP contribution is -2.14. The number of hydrogen-bond donors (Lipinski definition) is 0. The molecule has 0 N–H and O–H groups in total. The molecule has 1 fully saturated rings. The van der Waals surface area contributed by atoms with E-state index in [1.54, 1.807) is 0 Å². The Hall–Kier alpha value is -0.670. The number of ketones is 1. The quantitative estimate of drug-likeness (QED) is 0.643. The summed E-state index contributed by atoms with van der Waals surface area (Å²) < 4.78 is 10.5. The summed E-state index contributed by atoms with van der Waals surface area (Å²) in [6, 6.07) is 0. The van der Waals surface area contributed by atoms with Crippen LogP contribution >= 0.6 is 0 Å². The molecule has 0 amide bonds. The third-order valence-corrected chi connectivity index (χ3v) is 2.64. The zero-order valence-corrected chi connectivity index (χ0v) is 8.33. The summed E-state index contributed by atoms with van der Waals surface area (Å²) in [5, 5.41) is 0. The van der Waals surface area contributed by atoms with Gasteiger partial charge in [-0.15, -0.1) is 0 Å². The molecule has 1 heterocycles. The van der Waals surface area contributed by atoms with Crippen LogP contribution in [0.3, 0.4) is 0 Å². The van der Waals surface area contributed by atoms with E-state index in [1.165, 1.54) is 12.0 Å². The van der Waals surface area contributed by atoms with E-state index in [0.717, 1.165) is 12.8 Å². The van der Waals surface area contributed by atoms with Crippen LogP contribution in [-0.4, -0.2) is 25.3 Å². The Labute approximate surface area is 84.1 Å². The fourth-order valence-corrected chi connectivity index (χ4v) is 1.93. The molecule has 0 atom stereocenters. The van der Waals surface area contributed by atoms with E-state index >= 15 is 0 Å². The molecule has 0 aromatic rings. The molecule has 3 nitrogen and oxygen atoms in total. The molecule has 3 heteroatoms. The fraction of sp³-hybridized carbons (Fsp3) is 0.727. The molecule has 1 saturated heterocycles. The number of Topliss-reactive ketones (excluding diaryl/α,β-unsaturated/α-hetero) is 1. The zero-order chi connectivity index (χ0) is 9.80. The van der Waals surface area contributed by atoms with E-state index in [1.807, 2.05) is 0 Å². The predicted octanol–water partition coefficient (Wildman–Crippen LogP) is 1.82. The normalized spacial score (nSPS) is 22.7. The topological polar surface area (TPSA) is 35.5 Å². The van der Waals surface area contributed by atoms with Gasteiger partial charge in [-0.1, -0.05) is 11.6 Å². The number of hydrogen-bond acceptors (Lipinski definition) is 3. The van der Waals surface area contributed by atoms with Gasteiger partial charge in [0.2, 0.25) is 0 Å². The van der Waals surface area contributed by atoms with Crippen LogP contribution in [0.25, 0.3) is 0 Å². The highest BCUT2D eigenvalue weighted by Crippen LogP contribution is 2.22. The summed E-state index contributed by atoms with van der Waals surface area (Å²) in [6.45, 7) is 1.25. The highest BCUT2D eigenvalue weighted by atomic mass is 16.7. The molecule has 0 aromatic carbocycles. The maximum absolute atomic E-state index is 11.6. The van der Waals surface area contributed by atoms with Crippen molar-refractivity contribution in [3.8, 4) is 0 Å². The highest BCUT2D eigenvalue weighted by Gasteiger charge is 2.20. The van der Waals surface area contributed by atoms with Crippen molar-refractivity contribution in [3.63, 3.8) is 0 Å². The minimum atomic E-state index is -0.274. The molecule has 0 bridgehead atoms. The van der Waals surface area contributed by atoms with Gasteiger partial charge in [0.05, 0.1) is 19.6 Å². The van der Waals surface area contributed by atoms with Crippen LogP contribution in [0.2, 0.25) is 0 Å². The molecular formula is C11H16O3. The molecule has 2 aliphatic rings. The van der Waals surface area contributed by atoms with Crippen molar-refractivity contribution in [1.29, 1.82) is 0 Å². The molecule has 0 unspecified atom stereocenters. The van der Waals surface area contributed by atoms with Crippen LogP contribution in [-0.2, 0) is 14.3 Å². The van der Waals surface area contributed by atoms with Crippen molar-refractivity contribution in [2.24, 2.45) is 0 Å². The Kier molecular flexibility index (Phi) is 3.32. The van der Waals surface area contributed by atoms with Crippen molar-refractivity contribution in [2.75, 3.05) is 13.2 Å². The average Bonchev–Trinajstić information content (AvgIpc) is 2.76. The first kappa shape index (κ1) is 9.87. The lowest BCUT2D eigenvalue weighted by Gasteiger charge is -2.07. The molecule has 0 spiro atoms. The van der Waals surface area contributed by atoms with Gasteiger partial charge in [0, 0.05) is 6.42 Å². The Morgan fingerprint density at radius 1 is 1.43 bits per heavy atom. The Balaban J connectivity index is 1.72. The van der Waals surface area contributed by atoms with E-state index in [0.29, 0.717) is 26.1 Å². The van der Waals surface area contributed by atoms with Crippen LogP contribution in [0.15, 0.2) is 11.6 Å². The second-order valence-electron chi connectivity index (χ2n) is 3.85. The summed E-state index contributed by atoms with van der Waals surface area (Å²) in [4.78, 5) is 11.6. The van der Waals surface area contributed by atoms with Crippen LogP contribution in [0, 0.1) is 0 Å². The van der Waals surface area contributed by atoms with Gasteiger partial charge in [-0.2, -0.15) is 0 Å². The number of ether oxygens (including phenoxy) is 2.